The summed E-state index contributed by atoms with van der Waals surface area (Å²) in [7, 11) is 1.06. The van der Waals surface area contributed by atoms with Crippen molar-refractivity contribution < 1.29 is 9.32 Å². The zero-order valence-electron chi connectivity index (χ0n) is 2.60. The molecular weight excluding hydrogens is 89.0 g/mol. The number of carbonyl (C=O) groups excluding carboxylic acids is 1. The van der Waals surface area contributed by atoms with Gasteiger partial charge in [-0.15, -0.1) is 0 Å². The van der Waals surface area contributed by atoms with E-state index in [1.54, 1.807) is 0 Å². The van der Waals surface area contributed by atoms with Crippen LogP contribution in [-0.2, 0) is 4.52 Å². The minimum absolute atomic E-state index is 0.733. The zero-order valence-corrected chi connectivity index (χ0v) is 4.02. The standard InChI is InChI=1S/CH4NO2P/c2-1(3)4-5/h5H3,(H-,2,3)/p+1. The number of carbonyl (C=O) groups is 1. The second-order valence-electron chi connectivity index (χ2n) is 0.463. The van der Waals surface area contributed by atoms with E-state index in [-0.39, 0.29) is 0 Å². The van der Waals surface area contributed by atoms with Crippen molar-refractivity contribution in [2.45, 2.75) is 0 Å². The summed E-state index contributed by atoms with van der Waals surface area (Å²) in [6.07, 6.45) is -0.733. The van der Waals surface area contributed by atoms with E-state index in [0.29, 0.717) is 0 Å². The third-order valence-corrected chi connectivity index (χ3v) is 0.427. The third kappa shape index (κ3) is 3.70. The molecule has 0 aromatic rings. The molecule has 1 atom stereocenters. The maximum Gasteiger partial charge on any atom is 0.441 e. The predicted molar refractivity (Wildman–Crippen MR) is 21.8 cm³/mol. The summed E-state index contributed by atoms with van der Waals surface area (Å²) >= 11 is 0. The molecule has 0 heterocycles. The van der Waals surface area contributed by atoms with Crippen molar-refractivity contribution in [3.05, 3.63) is 0 Å². The van der Waals surface area contributed by atoms with Crippen LogP contribution >= 0.6 is 9.47 Å². The molecule has 0 saturated carbocycles. The van der Waals surface area contributed by atoms with Gasteiger partial charge in [-0.1, -0.05) is 0 Å². The van der Waals surface area contributed by atoms with Crippen LogP contribution in [-0.4, -0.2) is 6.09 Å². The topological polar surface area (TPSA) is 52.3 Å². The molecule has 0 aromatic heterocycles. The molecule has 1 amide bonds. The maximum absolute atomic E-state index is 9.38. The summed E-state index contributed by atoms with van der Waals surface area (Å²) in [4.78, 5) is 9.38. The Morgan fingerprint density at radius 1 is 2.00 bits per heavy atom. The van der Waals surface area contributed by atoms with E-state index in [9.17, 15) is 4.79 Å². The largest absolute Gasteiger partial charge is 0.441 e. The van der Waals surface area contributed by atoms with Crippen LogP contribution in [0.15, 0.2) is 0 Å². The van der Waals surface area contributed by atoms with E-state index in [1.807, 2.05) is 0 Å². The minimum Gasteiger partial charge on any atom is -0.332 e. The zero-order chi connectivity index (χ0) is 4.28. The Balaban J connectivity index is 2.85. The predicted octanol–water partition coefficient (Wildman–Crippen LogP) is -0.396. The van der Waals surface area contributed by atoms with Crippen LogP contribution in [0.4, 0.5) is 4.79 Å². The number of rotatable bonds is 0. The summed E-state index contributed by atoms with van der Waals surface area (Å²) in [5.74, 6) is 0. The van der Waals surface area contributed by atoms with Crippen molar-refractivity contribution in [3.8, 4) is 0 Å². The molecule has 0 spiro atoms. The highest BCUT2D eigenvalue weighted by atomic mass is 31.0. The molecule has 30 valence electrons. The van der Waals surface area contributed by atoms with Gasteiger partial charge < -0.3 is 5.73 Å². The number of nitrogens with two attached hydrogens (primary N) is 1. The summed E-state index contributed by atoms with van der Waals surface area (Å²) < 4.78 is 3.92. The maximum atomic E-state index is 9.38. The van der Waals surface area contributed by atoms with Gasteiger partial charge in [-0.2, -0.15) is 0 Å². The fraction of sp³-hybridized carbons (Fsp3) is 0. The van der Waals surface area contributed by atoms with E-state index in [0.717, 1.165) is 9.47 Å². The lowest BCUT2D eigenvalue weighted by atomic mass is 11.3. The Morgan fingerprint density at radius 3 is 2.20 bits per heavy atom. The van der Waals surface area contributed by atoms with E-state index in [1.165, 1.54) is 0 Å². The monoisotopic (exact) mass is 94.0 g/mol. The fourth-order valence-corrected chi connectivity index (χ4v) is 0. The molecule has 0 radical (unpaired) electrons. The van der Waals surface area contributed by atoms with Gasteiger partial charge in [-0.3, -0.25) is 4.52 Å². The number of amides is 1. The molecule has 0 fully saturated rings. The minimum atomic E-state index is -0.733. The average Bonchev–Trinajstić information content (AvgIpc) is 1.38. The Labute approximate surface area is 31.8 Å². The Kier molecular flexibility index (Phi) is 1.85. The first-order valence-electron chi connectivity index (χ1n) is 0.986. The molecular formula is CH5NO2P+. The number of hydrogen-bond donors (Lipinski definition) is 1. The lowest BCUT2D eigenvalue weighted by Gasteiger charge is -1.72. The van der Waals surface area contributed by atoms with Crippen LogP contribution in [0.1, 0.15) is 0 Å². The van der Waals surface area contributed by atoms with Crippen LogP contribution in [0.5, 0.6) is 0 Å². The van der Waals surface area contributed by atoms with Crippen molar-refractivity contribution in [1.82, 2.24) is 0 Å². The molecule has 0 bridgehead atoms. The number of primary amides is 1. The lowest BCUT2D eigenvalue weighted by Crippen LogP contribution is -2.05. The van der Waals surface area contributed by atoms with E-state index in [2.05, 4.69) is 10.3 Å². The normalized spacial score (nSPS) is 7.20. The van der Waals surface area contributed by atoms with E-state index < -0.39 is 6.09 Å². The summed E-state index contributed by atoms with van der Waals surface area (Å²) in [5, 5.41) is 0. The molecule has 5 heavy (non-hydrogen) atoms. The second kappa shape index (κ2) is 1.97. The van der Waals surface area contributed by atoms with Crippen molar-refractivity contribution in [3.63, 3.8) is 0 Å². The van der Waals surface area contributed by atoms with Gasteiger partial charge in [-0.25, -0.2) is 4.79 Å². The molecule has 0 aliphatic heterocycles. The van der Waals surface area contributed by atoms with Crippen LogP contribution in [0.2, 0.25) is 0 Å². The van der Waals surface area contributed by atoms with Crippen LogP contribution in [0.25, 0.3) is 0 Å². The smallest absolute Gasteiger partial charge is 0.332 e. The first kappa shape index (κ1) is 4.70. The summed E-state index contributed by atoms with van der Waals surface area (Å²) in [6.45, 7) is 0. The van der Waals surface area contributed by atoms with Crippen molar-refractivity contribution in [2.75, 3.05) is 0 Å². The average molecular weight is 94.0 g/mol. The molecule has 2 N–H and O–H groups in total. The van der Waals surface area contributed by atoms with Crippen molar-refractivity contribution in [1.29, 1.82) is 0 Å². The van der Waals surface area contributed by atoms with Crippen molar-refractivity contribution >= 4 is 15.6 Å². The number of hydrogen-bond acceptors (Lipinski definition) is 2. The SMILES string of the molecule is NC(=O)O[PH3+]. The van der Waals surface area contributed by atoms with E-state index >= 15 is 0 Å². The quantitative estimate of drug-likeness (QED) is 0.415. The third-order valence-electron chi connectivity index (χ3n) is 0.142. The first-order chi connectivity index (χ1) is 2.27. The molecule has 0 rings (SSSR count). The van der Waals surface area contributed by atoms with Crippen molar-refractivity contribution in [2.24, 2.45) is 5.73 Å². The van der Waals surface area contributed by atoms with Crippen LogP contribution < -0.4 is 5.73 Å². The summed E-state index contributed by atoms with van der Waals surface area (Å²) in [5.41, 5.74) is 4.44. The van der Waals surface area contributed by atoms with Gasteiger partial charge in [0, 0.05) is 0 Å². The fourth-order valence-electron chi connectivity index (χ4n) is 0. The Morgan fingerprint density at radius 2 is 2.20 bits per heavy atom. The Hall–Kier alpha value is -0.300. The van der Waals surface area contributed by atoms with Gasteiger partial charge in [0.2, 0.25) is 0 Å². The molecule has 1 unspecified atom stereocenters. The van der Waals surface area contributed by atoms with Gasteiger partial charge in [0.25, 0.3) is 0 Å². The van der Waals surface area contributed by atoms with Gasteiger partial charge in [0.05, 0.1) is 0 Å². The van der Waals surface area contributed by atoms with E-state index in [4.69, 9.17) is 0 Å². The van der Waals surface area contributed by atoms with Gasteiger partial charge in [0.15, 0.2) is 9.47 Å². The first-order valence-corrected chi connectivity index (χ1v) is 1.56. The van der Waals surface area contributed by atoms with Crippen LogP contribution in [0.3, 0.4) is 0 Å². The Bertz CT molecular complexity index is 44.9. The molecule has 4 heteroatoms. The molecule has 3 nitrogen and oxygen atoms in total. The second-order valence-corrected chi connectivity index (χ2v) is 0.752. The highest BCUT2D eigenvalue weighted by molar-refractivity contribution is 7.10. The van der Waals surface area contributed by atoms with Gasteiger partial charge in [0.1, 0.15) is 0 Å². The molecule has 0 aliphatic carbocycles. The highest BCUT2D eigenvalue weighted by Gasteiger charge is 1.82. The molecule has 0 aliphatic rings. The molecule has 0 saturated heterocycles. The van der Waals surface area contributed by atoms with Gasteiger partial charge >= 0.3 is 6.09 Å². The highest BCUT2D eigenvalue weighted by Crippen LogP contribution is 1.78. The lowest BCUT2D eigenvalue weighted by molar-refractivity contribution is 0.218. The molecule has 0 aromatic carbocycles. The summed E-state index contributed by atoms with van der Waals surface area (Å²) in [6, 6.07) is 0. The van der Waals surface area contributed by atoms with Gasteiger partial charge in [-0.05, 0) is 0 Å². The van der Waals surface area contributed by atoms with Crippen LogP contribution in [0, 0.1) is 0 Å².